The van der Waals surface area contributed by atoms with Gasteiger partial charge in [0.25, 0.3) is 0 Å². The van der Waals surface area contributed by atoms with Crippen molar-refractivity contribution >= 4 is 11.9 Å². The Morgan fingerprint density at radius 2 is 1.41 bits per heavy atom. The smallest absolute Gasteiger partial charge is 0.306 e. The maximum atomic E-state index is 12.3. The van der Waals surface area contributed by atoms with Crippen LogP contribution < -0.4 is 0 Å². The monoisotopic (exact) mass is 492 g/mol. The fourth-order valence-corrected chi connectivity index (χ4v) is 3.57. The van der Waals surface area contributed by atoms with E-state index in [0.29, 0.717) is 12.8 Å². The molecule has 1 saturated heterocycles. The van der Waals surface area contributed by atoms with E-state index in [1.807, 2.05) is 6.92 Å². The van der Waals surface area contributed by atoms with E-state index in [1.165, 1.54) is 19.3 Å². The second kappa shape index (κ2) is 18.0. The van der Waals surface area contributed by atoms with Crippen molar-refractivity contribution in [1.82, 2.24) is 0 Å². The molecule has 1 heterocycles. The van der Waals surface area contributed by atoms with Crippen molar-refractivity contribution in [2.45, 2.75) is 121 Å². The summed E-state index contributed by atoms with van der Waals surface area (Å²) in [6, 6.07) is 0. The number of hydrogen-bond acceptors (Lipinski definition) is 10. The van der Waals surface area contributed by atoms with Crippen molar-refractivity contribution in [2.24, 2.45) is 0 Å². The highest BCUT2D eigenvalue weighted by molar-refractivity contribution is 5.70. The minimum Gasteiger partial charge on any atom is -0.462 e. The van der Waals surface area contributed by atoms with Crippen molar-refractivity contribution in [1.29, 1.82) is 0 Å². The molecule has 10 heteroatoms. The van der Waals surface area contributed by atoms with E-state index >= 15 is 0 Å². The van der Waals surface area contributed by atoms with Gasteiger partial charge in [-0.15, -0.1) is 0 Å². The van der Waals surface area contributed by atoms with E-state index < -0.39 is 55.4 Å². The average Bonchev–Trinajstić information content (AvgIpc) is 2.83. The number of ether oxygens (including phenoxy) is 4. The molecule has 0 bridgehead atoms. The molecule has 1 aliphatic heterocycles. The van der Waals surface area contributed by atoms with E-state index in [1.54, 1.807) is 0 Å². The summed E-state index contributed by atoms with van der Waals surface area (Å²) in [6.07, 6.45) is 1.35. The van der Waals surface area contributed by atoms with Gasteiger partial charge in [-0.05, 0) is 12.8 Å². The predicted molar refractivity (Wildman–Crippen MR) is 123 cm³/mol. The van der Waals surface area contributed by atoms with Crippen LogP contribution in [0.3, 0.4) is 0 Å². The Hall–Kier alpha value is -1.30. The summed E-state index contributed by atoms with van der Waals surface area (Å²) in [5.74, 6) is -0.858. The first-order chi connectivity index (χ1) is 16.3. The predicted octanol–water partition coefficient (Wildman–Crippen LogP) is 1.59. The maximum Gasteiger partial charge on any atom is 0.306 e. The quantitative estimate of drug-likeness (QED) is 0.164. The second-order valence-electron chi connectivity index (χ2n) is 8.80. The van der Waals surface area contributed by atoms with E-state index in [-0.39, 0.29) is 26.1 Å². The third-order valence-corrected chi connectivity index (χ3v) is 5.74. The highest BCUT2D eigenvalue weighted by Crippen LogP contribution is 2.22. The van der Waals surface area contributed by atoms with Gasteiger partial charge in [0.1, 0.15) is 31.0 Å². The van der Waals surface area contributed by atoms with Gasteiger partial charge in [0, 0.05) is 12.8 Å². The van der Waals surface area contributed by atoms with Crippen molar-refractivity contribution in [3.05, 3.63) is 0 Å². The van der Waals surface area contributed by atoms with Gasteiger partial charge in [0.05, 0.1) is 13.2 Å². The molecule has 0 spiro atoms. The molecule has 0 aromatic heterocycles. The third kappa shape index (κ3) is 11.9. The molecule has 0 aromatic rings. The normalized spacial score (nSPS) is 25.6. The van der Waals surface area contributed by atoms with Gasteiger partial charge in [0.2, 0.25) is 0 Å². The van der Waals surface area contributed by atoms with Crippen molar-refractivity contribution in [3.8, 4) is 0 Å². The van der Waals surface area contributed by atoms with Gasteiger partial charge in [-0.2, -0.15) is 0 Å². The molecule has 4 N–H and O–H groups in total. The Morgan fingerprint density at radius 3 is 2.06 bits per heavy atom. The molecule has 0 saturated carbocycles. The van der Waals surface area contributed by atoms with Crippen LogP contribution in [0.5, 0.6) is 0 Å². The van der Waals surface area contributed by atoms with Crippen LogP contribution in [0.2, 0.25) is 0 Å². The minimum atomic E-state index is -1.58. The number of esters is 2. The Labute approximate surface area is 202 Å². The highest BCUT2D eigenvalue weighted by atomic mass is 16.7. The number of carbonyl (C=O) groups excluding carboxylic acids is 2. The van der Waals surface area contributed by atoms with Crippen LogP contribution in [0, 0.1) is 0 Å². The molecule has 1 fully saturated rings. The summed E-state index contributed by atoms with van der Waals surface area (Å²) in [5, 5.41) is 39.2. The lowest BCUT2D eigenvalue weighted by atomic mass is 9.99. The number of rotatable bonds is 18. The van der Waals surface area contributed by atoms with Crippen molar-refractivity contribution < 1.29 is 49.0 Å². The standard InChI is InChI=1S/C24H44O10/c1-3-5-7-8-9-10-11-13-20(27)33-17(15-31-19(26)12-6-4-2)16-32-24-23(30)22(29)21(28)18(14-25)34-24/h17-18,21-25,28-30H,3-16H2,1-2H3. The fraction of sp³-hybridized carbons (Fsp3) is 0.917. The number of aliphatic hydroxyl groups is 4. The zero-order valence-electron chi connectivity index (χ0n) is 20.6. The number of hydrogen-bond donors (Lipinski definition) is 4. The summed E-state index contributed by atoms with van der Waals surface area (Å²) in [7, 11) is 0. The van der Waals surface area contributed by atoms with Crippen molar-refractivity contribution in [2.75, 3.05) is 19.8 Å². The highest BCUT2D eigenvalue weighted by Gasteiger charge is 2.44. The molecular weight excluding hydrogens is 448 g/mol. The van der Waals surface area contributed by atoms with Gasteiger partial charge in [-0.1, -0.05) is 58.8 Å². The van der Waals surface area contributed by atoms with Gasteiger partial charge < -0.3 is 39.4 Å². The lowest BCUT2D eigenvalue weighted by molar-refractivity contribution is -0.305. The van der Waals surface area contributed by atoms with Crippen LogP contribution in [0.1, 0.15) is 84.5 Å². The van der Waals surface area contributed by atoms with E-state index in [0.717, 1.165) is 25.7 Å². The minimum absolute atomic E-state index is 0.220. The number of aliphatic hydroxyl groups excluding tert-OH is 4. The first-order valence-corrected chi connectivity index (χ1v) is 12.6. The van der Waals surface area contributed by atoms with Crippen molar-refractivity contribution in [3.63, 3.8) is 0 Å². The largest absolute Gasteiger partial charge is 0.462 e. The van der Waals surface area contributed by atoms with E-state index in [4.69, 9.17) is 18.9 Å². The Morgan fingerprint density at radius 1 is 0.794 bits per heavy atom. The van der Waals surface area contributed by atoms with E-state index in [2.05, 4.69) is 6.92 Å². The zero-order valence-corrected chi connectivity index (χ0v) is 20.6. The first-order valence-electron chi connectivity index (χ1n) is 12.6. The van der Waals surface area contributed by atoms with Crippen LogP contribution in [0.15, 0.2) is 0 Å². The fourth-order valence-electron chi connectivity index (χ4n) is 3.57. The molecule has 34 heavy (non-hydrogen) atoms. The van der Waals surface area contributed by atoms with Gasteiger partial charge in [-0.3, -0.25) is 9.59 Å². The number of unbranched alkanes of at least 4 members (excludes halogenated alkanes) is 7. The summed E-state index contributed by atoms with van der Waals surface area (Å²) in [4.78, 5) is 24.2. The average molecular weight is 493 g/mol. The zero-order chi connectivity index (χ0) is 25.3. The Kier molecular flexibility index (Phi) is 16.3. The first kappa shape index (κ1) is 30.7. The topological polar surface area (TPSA) is 152 Å². The molecule has 0 aromatic carbocycles. The molecule has 6 unspecified atom stereocenters. The molecule has 1 aliphatic rings. The summed E-state index contributed by atoms with van der Waals surface area (Å²) in [6.45, 7) is 3.04. The SMILES string of the molecule is CCCCCCCCCC(=O)OC(COC(=O)CCCC)COC1OC(CO)C(O)C(O)C1O. The van der Waals surface area contributed by atoms with Crippen LogP contribution >= 0.6 is 0 Å². The van der Waals surface area contributed by atoms with Crippen LogP contribution in [-0.2, 0) is 28.5 Å². The second-order valence-corrected chi connectivity index (χ2v) is 8.80. The lowest BCUT2D eigenvalue weighted by Gasteiger charge is -2.39. The molecule has 0 amide bonds. The van der Waals surface area contributed by atoms with Gasteiger partial charge in [-0.25, -0.2) is 0 Å². The molecule has 0 radical (unpaired) electrons. The van der Waals surface area contributed by atoms with Gasteiger partial charge >= 0.3 is 11.9 Å². The molecule has 1 rings (SSSR count). The summed E-state index contributed by atoms with van der Waals surface area (Å²) < 4.78 is 21.4. The molecular formula is C24H44O10. The van der Waals surface area contributed by atoms with Crippen LogP contribution in [-0.4, -0.2) is 89.0 Å². The maximum absolute atomic E-state index is 12.3. The molecule has 10 nitrogen and oxygen atoms in total. The molecule has 0 aliphatic carbocycles. The molecule has 6 atom stereocenters. The Balaban J connectivity index is 2.55. The third-order valence-electron chi connectivity index (χ3n) is 5.74. The van der Waals surface area contributed by atoms with Crippen LogP contribution in [0.25, 0.3) is 0 Å². The van der Waals surface area contributed by atoms with Crippen LogP contribution in [0.4, 0.5) is 0 Å². The summed E-state index contributed by atoms with van der Waals surface area (Å²) >= 11 is 0. The van der Waals surface area contributed by atoms with E-state index in [9.17, 15) is 30.0 Å². The van der Waals surface area contributed by atoms with Gasteiger partial charge in [0.15, 0.2) is 12.4 Å². The summed E-state index contributed by atoms with van der Waals surface area (Å²) in [5.41, 5.74) is 0. The molecule has 200 valence electrons. The lowest BCUT2D eigenvalue weighted by Crippen LogP contribution is -2.59. The number of carbonyl (C=O) groups is 2. The Bertz CT molecular complexity index is 556.